The standard InChI is InChI=1S/C12H22N2O2/c13-12(15)10-4-6-14(7-5-10)9-11-3-1-2-8-16-11/h10-11H,1-9H2,(H2,13,15)/p+1/t11-/m1/s1. The van der Waals surface area contributed by atoms with E-state index in [0.29, 0.717) is 6.10 Å². The maximum Gasteiger partial charge on any atom is 0.220 e. The first kappa shape index (κ1) is 11.9. The summed E-state index contributed by atoms with van der Waals surface area (Å²) in [5.41, 5.74) is 5.32. The smallest absolute Gasteiger partial charge is 0.220 e. The van der Waals surface area contributed by atoms with Crippen LogP contribution in [-0.4, -0.2) is 38.3 Å². The molecule has 0 aromatic heterocycles. The molecule has 2 fully saturated rings. The van der Waals surface area contributed by atoms with Crippen LogP contribution in [0.3, 0.4) is 0 Å². The molecule has 2 saturated heterocycles. The van der Waals surface area contributed by atoms with Crippen LogP contribution in [0.15, 0.2) is 0 Å². The molecule has 0 aromatic carbocycles. The van der Waals surface area contributed by atoms with Crippen LogP contribution in [0.2, 0.25) is 0 Å². The van der Waals surface area contributed by atoms with Gasteiger partial charge in [0, 0.05) is 25.4 Å². The number of primary amides is 1. The van der Waals surface area contributed by atoms with E-state index in [-0.39, 0.29) is 11.8 Å². The molecule has 2 aliphatic heterocycles. The molecule has 1 amide bonds. The molecule has 2 heterocycles. The number of likely N-dealkylation sites (tertiary alicyclic amines) is 1. The number of quaternary nitrogens is 1. The number of piperidine rings is 1. The molecule has 0 aromatic rings. The summed E-state index contributed by atoms with van der Waals surface area (Å²) < 4.78 is 5.74. The van der Waals surface area contributed by atoms with E-state index < -0.39 is 0 Å². The van der Waals surface area contributed by atoms with Gasteiger partial charge in [-0.3, -0.25) is 4.79 Å². The molecule has 0 aliphatic carbocycles. The minimum absolute atomic E-state index is 0.118. The highest BCUT2D eigenvalue weighted by molar-refractivity contribution is 5.76. The zero-order valence-corrected chi connectivity index (χ0v) is 9.91. The maximum absolute atomic E-state index is 11.0. The van der Waals surface area contributed by atoms with Crippen LogP contribution in [0, 0.1) is 5.92 Å². The SMILES string of the molecule is NC(=O)C1CC[NH+](C[C@H]2CCCCO2)CC1. The van der Waals surface area contributed by atoms with E-state index in [2.05, 4.69) is 0 Å². The van der Waals surface area contributed by atoms with Crippen LogP contribution in [0.25, 0.3) is 0 Å². The van der Waals surface area contributed by atoms with Gasteiger partial charge in [0.2, 0.25) is 5.91 Å². The Morgan fingerprint density at radius 3 is 2.56 bits per heavy atom. The topological polar surface area (TPSA) is 56.8 Å². The average molecular weight is 227 g/mol. The highest BCUT2D eigenvalue weighted by atomic mass is 16.5. The second kappa shape index (κ2) is 5.64. The van der Waals surface area contributed by atoms with E-state index in [4.69, 9.17) is 10.5 Å². The van der Waals surface area contributed by atoms with Gasteiger partial charge in [0.1, 0.15) is 12.6 Å². The zero-order valence-electron chi connectivity index (χ0n) is 9.91. The molecule has 0 spiro atoms. The predicted octanol–water partition coefficient (Wildman–Crippen LogP) is -0.664. The Hall–Kier alpha value is -0.610. The molecule has 16 heavy (non-hydrogen) atoms. The first-order valence-corrected chi connectivity index (χ1v) is 6.50. The third-order valence-electron chi connectivity index (χ3n) is 3.89. The fraction of sp³-hybridized carbons (Fsp3) is 0.917. The zero-order chi connectivity index (χ0) is 11.4. The molecule has 4 nitrogen and oxygen atoms in total. The summed E-state index contributed by atoms with van der Waals surface area (Å²) >= 11 is 0. The summed E-state index contributed by atoms with van der Waals surface area (Å²) in [4.78, 5) is 12.6. The molecule has 3 N–H and O–H groups in total. The van der Waals surface area contributed by atoms with Crippen molar-refractivity contribution in [3.8, 4) is 0 Å². The van der Waals surface area contributed by atoms with E-state index in [9.17, 15) is 4.79 Å². The van der Waals surface area contributed by atoms with Crippen molar-refractivity contribution in [2.45, 2.75) is 38.2 Å². The molecule has 1 atom stereocenters. The van der Waals surface area contributed by atoms with Gasteiger partial charge in [-0.05, 0) is 19.3 Å². The fourth-order valence-electron chi connectivity index (χ4n) is 2.81. The van der Waals surface area contributed by atoms with Crippen LogP contribution in [0.4, 0.5) is 0 Å². The van der Waals surface area contributed by atoms with E-state index >= 15 is 0 Å². The van der Waals surface area contributed by atoms with Crippen LogP contribution in [0.5, 0.6) is 0 Å². The number of hydrogen-bond donors (Lipinski definition) is 2. The molecule has 4 heteroatoms. The van der Waals surface area contributed by atoms with Crippen molar-refractivity contribution in [1.29, 1.82) is 0 Å². The normalized spacial score (nSPS) is 35.9. The van der Waals surface area contributed by atoms with Gasteiger partial charge in [-0.2, -0.15) is 0 Å². The Labute approximate surface area is 97.1 Å². The summed E-state index contributed by atoms with van der Waals surface area (Å²) in [5.74, 6) is 0.00369. The van der Waals surface area contributed by atoms with Crippen molar-refractivity contribution in [3.05, 3.63) is 0 Å². The lowest BCUT2D eigenvalue weighted by atomic mass is 9.96. The van der Waals surface area contributed by atoms with Crippen molar-refractivity contribution in [3.63, 3.8) is 0 Å². The summed E-state index contributed by atoms with van der Waals surface area (Å²) in [5, 5.41) is 0. The van der Waals surface area contributed by atoms with Crippen molar-refractivity contribution in [2.75, 3.05) is 26.2 Å². The predicted molar refractivity (Wildman–Crippen MR) is 61.1 cm³/mol. The number of hydrogen-bond acceptors (Lipinski definition) is 2. The van der Waals surface area contributed by atoms with Gasteiger partial charge in [-0.15, -0.1) is 0 Å². The number of amides is 1. The average Bonchev–Trinajstić information content (AvgIpc) is 2.31. The van der Waals surface area contributed by atoms with Crippen LogP contribution < -0.4 is 10.6 Å². The Balaban J connectivity index is 1.70. The fourth-order valence-corrected chi connectivity index (χ4v) is 2.81. The molecular formula is C12H23N2O2+. The second-order valence-corrected chi connectivity index (χ2v) is 5.12. The number of carbonyl (C=O) groups excluding carboxylic acids is 1. The molecule has 0 unspecified atom stereocenters. The lowest BCUT2D eigenvalue weighted by Gasteiger charge is -2.31. The van der Waals surface area contributed by atoms with Crippen molar-refractivity contribution in [2.24, 2.45) is 11.7 Å². The molecule has 0 bridgehead atoms. The van der Waals surface area contributed by atoms with Gasteiger partial charge in [0.25, 0.3) is 0 Å². The van der Waals surface area contributed by atoms with Crippen LogP contribution >= 0.6 is 0 Å². The molecule has 92 valence electrons. The maximum atomic E-state index is 11.0. The highest BCUT2D eigenvalue weighted by Crippen LogP contribution is 2.12. The summed E-state index contributed by atoms with van der Waals surface area (Å²) in [6.45, 7) is 4.20. The van der Waals surface area contributed by atoms with Gasteiger partial charge in [-0.25, -0.2) is 0 Å². The monoisotopic (exact) mass is 227 g/mol. The minimum atomic E-state index is -0.118. The quantitative estimate of drug-likeness (QED) is 0.672. The van der Waals surface area contributed by atoms with E-state index in [1.54, 1.807) is 4.90 Å². The highest BCUT2D eigenvalue weighted by Gasteiger charge is 2.28. The van der Waals surface area contributed by atoms with E-state index in [1.165, 1.54) is 19.3 Å². The lowest BCUT2D eigenvalue weighted by molar-refractivity contribution is -0.909. The summed E-state index contributed by atoms with van der Waals surface area (Å²) in [6, 6.07) is 0. The first-order valence-electron chi connectivity index (χ1n) is 6.50. The lowest BCUT2D eigenvalue weighted by Crippen LogP contribution is -3.14. The number of nitrogens with one attached hydrogen (secondary N) is 1. The Morgan fingerprint density at radius 2 is 2.00 bits per heavy atom. The van der Waals surface area contributed by atoms with Gasteiger partial charge < -0.3 is 15.4 Å². The summed E-state index contributed by atoms with van der Waals surface area (Å²) in [7, 11) is 0. The van der Waals surface area contributed by atoms with Gasteiger partial charge in [0.15, 0.2) is 0 Å². The van der Waals surface area contributed by atoms with Gasteiger partial charge >= 0.3 is 0 Å². The molecule has 0 radical (unpaired) electrons. The van der Waals surface area contributed by atoms with Gasteiger partial charge in [-0.1, -0.05) is 0 Å². The number of rotatable bonds is 3. The Kier molecular flexibility index (Phi) is 4.18. The number of carbonyl (C=O) groups is 1. The molecule has 0 saturated carbocycles. The second-order valence-electron chi connectivity index (χ2n) is 5.12. The Morgan fingerprint density at radius 1 is 1.25 bits per heavy atom. The Bertz CT molecular complexity index is 231. The van der Waals surface area contributed by atoms with Crippen molar-refractivity contribution in [1.82, 2.24) is 0 Å². The van der Waals surface area contributed by atoms with E-state index in [0.717, 1.165) is 39.1 Å². The third-order valence-corrected chi connectivity index (χ3v) is 3.89. The molecule has 2 aliphatic rings. The first-order chi connectivity index (χ1) is 7.75. The van der Waals surface area contributed by atoms with Crippen LogP contribution in [-0.2, 0) is 9.53 Å². The van der Waals surface area contributed by atoms with Crippen LogP contribution in [0.1, 0.15) is 32.1 Å². The number of nitrogens with two attached hydrogens (primary N) is 1. The minimum Gasteiger partial charge on any atom is -0.372 e. The summed E-state index contributed by atoms with van der Waals surface area (Å²) in [6.07, 6.45) is 6.10. The third kappa shape index (κ3) is 3.19. The largest absolute Gasteiger partial charge is 0.372 e. The molecule has 2 rings (SSSR count). The molecular weight excluding hydrogens is 204 g/mol. The van der Waals surface area contributed by atoms with Crippen molar-refractivity contribution >= 4 is 5.91 Å². The van der Waals surface area contributed by atoms with Gasteiger partial charge in [0.05, 0.1) is 13.1 Å². The van der Waals surface area contributed by atoms with E-state index in [1.807, 2.05) is 0 Å². The number of ether oxygens (including phenoxy) is 1. The van der Waals surface area contributed by atoms with Crippen molar-refractivity contribution < 1.29 is 14.4 Å².